The summed E-state index contributed by atoms with van der Waals surface area (Å²) in [5.74, 6) is 0.656. The second-order valence-electron chi connectivity index (χ2n) is 36.2. The summed E-state index contributed by atoms with van der Waals surface area (Å²) in [5, 5.41) is 35.3. The Balaban J connectivity index is 0.000000148. The maximum atomic E-state index is 14.5. The van der Waals surface area contributed by atoms with Crippen molar-refractivity contribution in [1.82, 2.24) is 78.4 Å². The molecule has 9 aromatic heterocycles. The molecule has 4 saturated carbocycles. The summed E-state index contributed by atoms with van der Waals surface area (Å²) in [6.07, 6.45) is 21.2. The Hall–Kier alpha value is -10.4. The van der Waals surface area contributed by atoms with Crippen LogP contribution in [0.3, 0.4) is 0 Å². The number of allylic oxidation sites excluding steroid dienone is 1. The molecule has 40 heteroatoms. The van der Waals surface area contributed by atoms with E-state index in [1.807, 2.05) is 122 Å². The van der Waals surface area contributed by atoms with Crippen LogP contribution in [0, 0.1) is 43.5 Å². The van der Waals surface area contributed by atoms with Gasteiger partial charge in [0, 0.05) is 90.8 Å². The Morgan fingerprint density at radius 1 is 0.485 bits per heavy atom. The van der Waals surface area contributed by atoms with Crippen LogP contribution in [0.2, 0.25) is 15.7 Å². The SMILES string of the molecule is C.CC(C)(C)Nc1nnc(-c2ccc3c(c2)C(c2ncc(F)c(C4CC4)n2)=CC3)o1.Cc1ccc(S(=O)(=O)n2cc(-c3ncc(F)c(C4CC4)n3)c3cc(-c4nnc(NC(C)(C)C)o4)ccc32)cc1.Cc1ccc(S(=O)(=O)n2cc(B3OC(C)(C)C(C)(C)O3)c3cc(-c4nnc(NC(C)(C)C)o4)ccc32)cc1.Fc1cnc(Cl)nc1C1CC1.Fc1cnc(Cl)nc1Cl.[CH-]1CC1.[Zn+][Br]. The van der Waals surface area contributed by atoms with Crippen LogP contribution in [0.5, 0.6) is 0 Å². The third-order valence-electron chi connectivity index (χ3n) is 21.2. The van der Waals surface area contributed by atoms with Crippen LogP contribution in [-0.2, 0) is 52.1 Å². The number of nitrogens with one attached hydrogen (secondary N) is 3. The predicted octanol–water partition coefficient (Wildman–Crippen LogP) is 21.9. The number of aromatic nitrogens is 16. The van der Waals surface area contributed by atoms with E-state index in [1.54, 1.807) is 85.1 Å². The van der Waals surface area contributed by atoms with Crippen LogP contribution in [0.15, 0.2) is 169 Å². The third-order valence-corrected chi connectivity index (χ3v) is 25.2. The monoisotopic (exact) mass is 2010 g/mol. The van der Waals surface area contributed by atoms with Gasteiger partial charge in [0.2, 0.25) is 28.2 Å². The average molecular weight is 2020 g/mol. The first-order valence-corrected chi connectivity index (χ1v) is 53.0. The van der Waals surface area contributed by atoms with E-state index in [-0.39, 0.29) is 96.7 Å². The molecule has 5 aliphatic carbocycles. The molecule has 28 nitrogen and oxygen atoms in total. The van der Waals surface area contributed by atoms with Gasteiger partial charge in [-0.25, -0.2) is 95.1 Å². The van der Waals surface area contributed by atoms with Gasteiger partial charge in [-0.3, -0.25) is 0 Å². The second-order valence-corrected chi connectivity index (χ2v) is 40.8. The normalized spacial score (nSPS) is 15.3. The first kappa shape index (κ1) is 99.1. The van der Waals surface area contributed by atoms with E-state index in [4.69, 9.17) is 57.4 Å². The van der Waals surface area contributed by atoms with Crippen LogP contribution < -0.4 is 21.4 Å². The topological polar surface area (TPSA) is 353 Å². The van der Waals surface area contributed by atoms with Gasteiger partial charge in [-0.05, 0) is 256 Å². The number of fused-ring (bicyclic) bond motifs is 3. The maximum absolute atomic E-state index is 14.5. The first-order valence-electron chi connectivity index (χ1n) is 42.1. The van der Waals surface area contributed by atoms with E-state index in [0.29, 0.717) is 90.7 Å². The summed E-state index contributed by atoms with van der Waals surface area (Å²) in [5.41, 5.74) is 8.57. The Kier molecular flexibility index (Phi) is 30.1. The molecule has 0 radical (unpaired) electrons. The van der Waals surface area contributed by atoms with Gasteiger partial charge in [-0.15, -0.1) is 15.3 Å². The van der Waals surface area contributed by atoms with Gasteiger partial charge in [0.1, 0.15) is 0 Å². The Labute approximate surface area is 795 Å². The second kappa shape index (κ2) is 40.1. The summed E-state index contributed by atoms with van der Waals surface area (Å²) in [6, 6.07) is 31.0. The van der Waals surface area contributed by atoms with Gasteiger partial charge < -0.3 is 44.9 Å². The molecule has 20 rings (SSSR count). The molecule has 5 fully saturated rings. The van der Waals surface area contributed by atoms with Crippen molar-refractivity contribution in [1.29, 1.82) is 0 Å². The fraction of sp³-hybridized carbons (Fsp3) is 0.359. The number of hydrogen-bond donors (Lipinski definition) is 3. The van der Waals surface area contributed by atoms with Crippen molar-refractivity contribution >= 4 is 126 Å². The molecule has 5 aromatic carbocycles. The fourth-order valence-electron chi connectivity index (χ4n) is 13.5. The van der Waals surface area contributed by atoms with Crippen LogP contribution in [0.25, 0.3) is 73.1 Å². The number of anilines is 3. The number of benzene rings is 5. The molecule has 1 saturated heterocycles. The van der Waals surface area contributed by atoms with E-state index >= 15 is 0 Å². The molecule has 0 atom stereocenters. The van der Waals surface area contributed by atoms with Crippen molar-refractivity contribution in [2.45, 2.75) is 224 Å². The molecular formula is C92H98BBrCl3F4N19O9S2Zn. The van der Waals surface area contributed by atoms with Crippen molar-refractivity contribution in [3.8, 4) is 45.8 Å². The molecule has 0 bridgehead atoms. The van der Waals surface area contributed by atoms with Crippen LogP contribution in [0.1, 0.15) is 212 Å². The molecule has 688 valence electrons. The molecule has 1 aliphatic heterocycles. The zero-order chi connectivity index (χ0) is 94.2. The van der Waals surface area contributed by atoms with E-state index in [0.717, 1.165) is 91.4 Å². The quantitative estimate of drug-likeness (QED) is 0.0266. The fourth-order valence-corrected chi connectivity index (χ4v) is 16.7. The summed E-state index contributed by atoms with van der Waals surface area (Å²) in [6.45, 7) is 29.7. The minimum atomic E-state index is -3.96. The summed E-state index contributed by atoms with van der Waals surface area (Å²) in [7, 11) is -8.63. The van der Waals surface area contributed by atoms with Crippen molar-refractivity contribution in [2.75, 3.05) is 16.0 Å². The van der Waals surface area contributed by atoms with Gasteiger partial charge in [0.05, 0.1) is 73.9 Å². The van der Waals surface area contributed by atoms with Crippen molar-refractivity contribution in [3.63, 3.8) is 0 Å². The van der Waals surface area contributed by atoms with E-state index in [2.05, 4.69) is 119 Å². The van der Waals surface area contributed by atoms with Crippen LogP contribution in [0.4, 0.5) is 35.6 Å². The van der Waals surface area contributed by atoms with E-state index in [9.17, 15) is 34.4 Å². The number of nitrogens with zero attached hydrogens (tertiary/aromatic N) is 16. The minimum absolute atomic E-state index is 0. The van der Waals surface area contributed by atoms with E-state index in [1.165, 1.54) is 55.1 Å². The number of hydrogen-bond acceptors (Lipinski definition) is 26. The zero-order valence-corrected chi connectivity index (χ0v) is 82.9. The van der Waals surface area contributed by atoms with Gasteiger partial charge >= 0.3 is 55.1 Å². The Bertz CT molecular complexity index is 6800. The van der Waals surface area contributed by atoms with Crippen molar-refractivity contribution in [3.05, 3.63) is 237 Å². The zero-order valence-electron chi connectivity index (χ0n) is 74.5. The molecule has 3 N–H and O–H groups in total. The summed E-state index contributed by atoms with van der Waals surface area (Å²) >= 11 is 20.2. The number of halogens is 8. The van der Waals surface area contributed by atoms with Crippen molar-refractivity contribution < 1.29 is 73.3 Å². The Morgan fingerprint density at radius 3 is 1.29 bits per heavy atom. The first-order chi connectivity index (χ1) is 61.9. The average Bonchev–Trinajstić information content (AvgIpc) is 1.58. The van der Waals surface area contributed by atoms with Gasteiger partial charge in [-0.1, -0.05) is 81.9 Å². The van der Waals surface area contributed by atoms with Crippen LogP contribution >= 0.6 is 48.4 Å². The molecular weight excluding hydrogens is 1920 g/mol. The van der Waals surface area contributed by atoms with Gasteiger partial charge in [0.25, 0.3) is 20.0 Å². The molecule has 14 aromatic rings. The number of rotatable bonds is 16. The molecule has 132 heavy (non-hydrogen) atoms. The predicted molar refractivity (Wildman–Crippen MR) is 501 cm³/mol. The molecule has 0 unspecified atom stereocenters. The van der Waals surface area contributed by atoms with Gasteiger partial charge in [-0.2, -0.15) is 0 Å². The van der Waals surface area contributed by atoms with Gasteiger partial charge in [0.15, 0.2) is 40.1 Å². The molecule has 0 spiro atoms. The summed E-state index contributed by atoms with van der Waals surface area (Å²) < 4.78 is 141. The standard InChI is InChI=1S/C28H27FN6O3S.C27H33BN4O5S.C22H22FN5O.C7H6ClFN2.C4HCl2FN2.C3H5.CH4.BrH.Zn/c1-16-5-10-19(11-6-16)39(36,37)35-15-21(25-30-14-22(29)24(31-25)17-7-8-17)20-13-18(9-12-23(20)35)26-33-34-27(38-26)32-28(2,3)4;1-17-9-12-19(13-10-17)38(33,34)32-16-21(28-36-26(5,6)27(7,8)37-28)20-15-18(11-14-22(20)32)23-30-31-24(35-23)29-25(2,3)4;1-22(2,3)26-21-28-27-20(29-21)14-7-4-12-8-9-15(16(12)10-14)19-24-11-17(23)18(25-19)13-5-6-13;8-7-10-3-5(9)6(11-7)4-1-2-4;5-3-2(7)1-8-4(6)9-3;1-2-3-1;;;/h5-6,9-15,17H,7-8H2,1-4H3,(H,32,34);9-16H,1-8H3,(H,29,31);4,7,9-11,13H,5-6,8H2,1-3H3,(H,26,28);3-4H,1-2H2;1H;1H,2-3H2;1H4;1H;/q;;;;;-1;;;+2/p-1. The molecule has 6 aliphatic rings. The summed E-state index contributed by atoms with van der Waals surface area (Å²) in [4.78, 5) is 31.9. The van der Waals surface area contributed by atoms with Crippen molar-refractivity contribution in [2.24, 2.45) is 0 Å². The Morgan fingerprint density at radius 2 is 0.864 bits per heavy atom. The number of aryl methyl sites for hydroxylation is 2. The molecule has 10 heterocycles. The molecule has 0 amide bonds. The van der Waals surface area contributed by atoms with Crippen LogP contribution in [-0.4, -0.2) is 130 Å². The third kappa shape index (κ3) is 24.0. The van der Waals surface area contributed by atoms with E-state index < -0.39 is 50.0 Å².